The van der Waals surface area contributed by atoms with Gasteiger partial charge in [-0.1, -0.05) is 50.2 Å². The molecule has 0 heterocycles. The minimum absolute atomic E-state index is 0.149. The highest BCUT2D eigenvalue weighted by Gasteiger charge is 2.24. The number of aliphatic carboxylic acids is 1. The molecule has 0 saturated carbocycles. The van der Waals surface area contributed by atoms with Crippen molar-refractivity contribution in [3.63, 3.8) is 0 Å². The van der Waals surface area contributed by atoms with E-state index in [9.17, 15) is 14.4 Å². The summed E-state index contributed by atoms with van der Waals surface area (Å²) in [7, 11) is 0. The number of urea groups is 1. The van der Waals surface area contributed by atoms with Crippen molar-refractivity contribution in [1.29, 1.82) is 0 Å². The molecule has 0 radical (unpaired) electrons. The van der Waals surface area contributed by atoms with Gasteiger partial charge in [-0.05, 0) is 23.6 Å². The Labute approximate surface area is 169 Å². The van der Waals surface area contributed by atoms with Gasteiger partial charge in [0.2, 0.25) is 5.91 Å². The summed E-state index contributed by atoms with van der Waals surface area (Å²) < 4.78 is 5.11. The molecule has 1 unspecified atom stereocenters. The zero-order valence-corrected chi connectivity index (χ0v) is 16.3. The second kappa shape index (κ2) is 10.7. The number of amides is 3. The number of carboxylic acid groups (broad SMARTS) is 1. The van der Waals surface area contributed by atoms with Crippen molar-refractivity contribution in [2.45, 2.75) is 26.4 Å². The average Bonchev–Trinajstić information content (AvgIpc) is 2.69. The van der Waals surface area contributed by atoms with Crippen LogP contribution in [0.1, 0.15) is 19.4 Å². The molecule has 0 fully saturated rings. The highest BCUT2D eigenvalue weighted by Crippen LogP contribution is 2.18. The molecule has 0 aliphatic carbocycles. The highest BCUT2D eigenvalue weighted by atomic mass is 16.5. The average molecular weight is 399 g/mol. The van der Waals surface area contributed by atoms with E-state index in [0.29, 0.717) is 18.0 Å². The molecule has 0 aliphatic rings. The molecular formula is C21H25N3O5. The molecule has 154 valence electrons. The van der Waals surface area contributed by atoms with Crippen LogP contribution in [-0.4, -0.2) is 35.7 Å². The lowest BCUT2D eigenvalue weighted by atomic mass is 10.0. The molecule has 0 spiro atoms. The smallest absolute Gasteiger partial charge is 0.341 e. The number of carbonyl (C=O) groups excluding carboxylic acids is 2. The van der Waals surface area contributed by atoms with Crippen LogP contribution in [0, 0.1) is 5.92 Å². The van der Waals surface area contributed by atoms with Crippen molar-refractivity contribution >= 4 is 23.6 Å². The molecule has 8 nitrogen and oxygen atoms in total. The van der Waals surface area contributed by atoms with E-state index < -0.39 is 24.6 Å². The molecule has 0 saturated heterocycles. The van der Waals surface area contributed by atoms with Crippen LogP contribution in [0.3, 0.4) is 0 Å². The molecule has 4 N–H and O–H groups in total. The number of rotatable bonds is 9. The number of carboxylic acids is 1. The lowest BCUT2D eigenvalue weighted by Gasteiger charge is -2.22. The molecule has 0 bridgehead atoms. The fourth-order valence-electron chi connectivity index (χ4n) is 2.53. The van der Waals surface area contributed by atoms with Gasteiger partial charge in [0, 0.05) is 18.3 Å². The largest absolute Gasteiger partial charge is 0.482 e. The van der Waals surface area contributed by atoms with E-state index in [1.165, 1.54) is 6.07 Å². The molecule has 2 aromatic carbocycles. The summed E-state index contributed by atoms with van der Waals surface area (Å²) in [5.74, 6) is -1.31. The number of hydrogen-bond donors (Lipinski definition) is 4. The van der Waals surface area contributed by atoms with Crippen LogP contribution in [0.2, 0.25) is 0 Å². The molecule has 8 heteroatoms. The van der Waals surface area contributed by atoms with Crippen molar-refractivity contribution in [2.24, 2.45) is 5.92 Å². The Morgan fingerprint density at radius 2 is 1.76 bits per heavy atom. The van der Waals surface area contributed by atoms with Gasteiger partial charge in [-0.2, -0.15) is 0 Å². The predicted octanol–water partition coefficient (Wildman–Crippen LogP) is 2.61. The SMILES string of the molecule is CC(C)C(NC(=O)NCc1ccccc1)C(=O)Nc1cccc(OCC(=O)O)c1. The normalized spacial score (nSPS) is 11.4. The van der Waals surface area contributed by atoms with Crippen molar-refractivity contribution in [3.8, 4) is 5.75 Å². The molecule has 0 aliphatic heterocycles. The van der Waals surface area contributed by atoms with E-state index in [-0.39, 0.29) is 11.8 Å². The standard InChI is InChI=1S/C21H25N3O5/c1-14(2)19(24-21(28)22-12-15-7-4-3-5-8-15)20(27)23-16-9-6-10-17(11-16)29-13-18(25)26/h3-11,14,19H,12-13H2,1-2H3,(H,23,27)(H,25,26)(H2,22,24,28). The Hall–Kier alpha value is -3.55. The van der Waals surface area contributed by atoms with Crippen LogP contribution in [-0.2, 0) is 16.1 Å². The highest BCUT2D eigenvalue weighted by molar-refractivity contribution is 5.97. The fourth-order valence-corrected chi connectivity index (χ4v) is 2.53. The molecule has 29 heavy (non-hydrogen) atoms. The first-order chi connectivity index (χ1) is 13.8. The minimum Gasteiger partial charge on any atom is -0.482 e. The summed E-state index contributed by atoms with van der Waals surface area (Å²) in [5.41, 5.74) is 1.39. The Kier molecular flexibility index (Phi) is 8.02. The van der Waals surface area contributed by atoms with Gasteiger partial charge in [0.1, 0.15) is 11.8 Å². The van der Waals surface area contributed by atoms with Gasteiger partial charge in [0.05, 0.1) is 0 Å². The third-order valence-electron chi connectivity index (χ3n) is 4.00. The Morgan fingerprint density at radius 3 is 2.41 bits per heavy atom. The van der Waals surface area contributed by atoms with Crippen LogP contribution < -0.4 is 20.7 Å². The van der Waals surface area contributed by atoms with Gasteiger partial charge in [-0.15, -0.1) is 0 Å². The zero-order chi connectivity index (χ0) is 21.2. The molecule has 3 amide bonds. The first kappa shape index (κ1) is 21.7. The van der Waals surface area contributed by atoms with E-state index in [1.807, 2.05) is 44.2 Å². The molecular weight excluding hydrogens is 374 g/mol. The number of carbonyl (C=O) groups is 3. The summed E-state index contributed by atoms with van der Waals surface area (Å²) >= 11 is 0. The predicted molar refractivity (Wildman–Crippen MR) is 109 cm³/mol. The third kappa shape index (κ3) is 7.53. The van der Waals surface area contributed by atoms with Gasteiger partial charge in [-0.25, -0.2) is 9.59 Å². The van der Waals surface area contributed by atoms with Crippen LogP contribution in [0.5, 0.6) is 5.75 Å². The lowest BCUT2D eigenvalue weighted by Crippen LogP contribution is -2.50. The van der Waals surface area contributed by atoms with Gasteiger partial charge in [0.15, 0.2) is 6.61 Å². The van der Waals surface area contributed by atoms with Crippen molar-refractivity contribution in [3.05, 3.63) is 60.2 Å². The minimum atomic E-state index is -1.09. The third-order valence-corrected chi connectivity index (χ3v) is 4.00. The van der Waals surface area contributed by atoms with Crippen LogP contribution in [0.4, 0.5) is 10.5 Å². The van der Waals surface area contributed by atoms with E-state index in [0.717, 1.165) is 5.56 Å². The number of ether oxygens (including phenoxy) is 1. The molecule has 2 aromatic rings. The van der Waals surface area contributed by atoms with Crippen LogP contribution in [0.25, 0.3) is 0 Å². The number of hydrogen-bond acceptors (Lipinski definition) is 4. The molecule has 0 aromatic heterocycles. The summed E-state index contributed by atoms with van der Waals surface area (Å²) in [6.07, 6.45) is 0. The summed E-state index contributed by atoms with van der Waals surface area (Å²) in [6, 6.07) is 14.7. The quantitative estimate of drug-likeness (QED) is 0.517. The number of benzene rings is 2. The molecule has 2 rings (SSSR count). The maximum Gasteiger partial charge on any atom is 0.341 e. The van der Waals surface area contributed by atoms with E-state index in [4.69, 9.17) is 9.84 Å². The lowest BCUT2D eigenvalue weighted by molar-refractivity contribution is -0.139. The molecule has 1 atom stereocenters. The Morgan fingerprint density at radius 1 is 1.03 bits per heavy atom. The Bertz CT molecular complexity index is 839. The van der Waals surface area contributed by atoms with Gasteiger partial charge < -0.3 is 25.8 Å². The number of anilines is 1. The summed E-state index contributed by atoms with van der Waals surface area (Å²) in [5, 5.41) is 16.8. The topological polar surface area (TPSA) is 117 Å². The van der Waals surface area contributed by atoms with Crippen molar-refractivity contribution in [2.75, 3.05) is 11.9 Å². The van der Waals surface area contributed by atoms with E-state index in [1.54, 1.807) is 18.2 Å². The van der Waals surface area contributed by atoms with Gasteiger partial charge in [-0.3, -0.25) is 4.79 Å². The van der Waals surface area contributed by atoms with E-state index in [2.05, 4.69) is 16.0 Å². The first-order valence-corrected chi connectivity index (χ1v) is 9.19. The second-order valence-electron chi connectivity index (χ2n) is 6.73. The fraction of sp³-hybridized carbons (Fsp3) is 0.286. The van der Waals surface area contributed by atoms with Gasteiger partial charge >= 0.3 is 12.0 Å². The maximum atomic E-state index is 12.7. The maximum absolute atomic E-state index is 12.7. The number of nitrogens with one attached hydrogen (secondary N) is 3. The van der Waals surface area contributed by atoms with Crippen LogP contribution in [0.15, 0.2) is 54.6 Å². The van der Waals surface area contributed by atoms with Gasteiger partial charge in [0.25, 0.3) is 0 Å². The Balaban J connectivity index is 1.94. The van der Waals surface area contributed by atoms with E-state index >= 15 is 0 Å². The monoisotopic (exact) mass is 399 g/mol. The summed E-state index contributed by atoms with van der Waals surface area (Å²) in [6.45, 7) is 3.53. The van der Waals surface area contributed by atoms with Crippen LogP contribution >= 0.6 is 0 Å². The van der Waals surface area contributed by atoms with Crippen molar-refractivity contribution < 1.29 is 24.2 Å². The van der Waals surface area contributed by atoms with Crippen molar-refractivity contribution in [1.82, 2.24) is 10.6 Å². The zero-order valence-electron chi connectivity index (χ0n) is 16.3. The second-order valence-corrected chi connectivity index (χ2v) is 6.73. The summed E-state index contributed by atoms with van der Waals surface area (Å²) in [4.78, 5) is 35.5. The first-order valence-electron chi connectivity index (χ1n) is 9.19.